The molecule has 0 aliphatic heterocycles. The Hall–Kier alpha value is -3.05. The normalized spacial score (nSPS) is 10.9. The van der Waals surface area contributed by atoms with E-state index in [0.29, 0.717) is 22.8 Å². The van der Waals surface area contributed by atoms with Crippen molar-refractivity contribution < 1.29 is 9.21 Å². The predicted octanol–water partition coefficient (Wildman–Crippen LogP) is 4.58. The average molecular weight is 352 g/mol. The number of carbonyl (C=O) groups is 1. The number of carbonyl (C=O) groups excluding carboxylic acids is 1. The van der Waals surface area contributed by atoms with Crippen LogP contribution in [-0.4, -0.2) is 15.5 Å². The molecular weight excluding hydrogens is 338 g/mol. The summed E-state index contributed by atoms with van der Waals surface area (Å²) in [7, 11) is 0. The Morgan fingerprint density at radius 2 is 2.12 bits per heavy atom. The molecule has 1 N–H and O–H groups in total. The minimum absolute atomic E-state index is 0.247. The molecule has 25 heavy (non-hydrogen) atoms. The monoisotopic (exact) mass is 351 g/mol. The molecule has 0 saturated carbocycles. The molecule has 0 radical (unpaired) electrons. The molecule has 0 fully saturated rings. The van der Waals surface area contributed by atoms with Gasteiger partial charge in [0, 0.05) is 35.0 Å². The van der Waals surface area contributed by atoms with E-state index in [1.807, 2.05) is 35.0 Å². The molecule has 2 heterocycles. The lowest BCUT2D eigenvalue weighted by Crippen LogP contribution is -2.11. The molecule has 0 saturated heterocycles. The zero-order chi connectivity index (χ0) is 17.2. The summed E-state index contributed by atoms with van der Waals surface area (Å²) in [5, 5.41) is 4.27. The second kappa shape index (κ2) is 6.45. The van der Waals surface area contributed by atoms with Crippen LogP contribution < -0.4 is 5.32 Å². The topological polar surface area (TPSA) is 60.1 Å². The minimum Gasteiger partial charge on any atom is -0.451 e. The van der Waals surface area contributed by atoms with Gasteiger partial charge in [0.05, 0.1) is 6.33 Å². The van der Waals surface area contributed by atoms with Crippen molar-refractivity contribution in [3.8, 4) is 0 Å². The van der Waals surface area contributed by atoms with Crippen LogP contribution in [0.25, 0.3) is 11.0 Å². The second-order valence-corrected chi connectivity index (χ2v) is 6.12. The predicted molar refractivity (Wildman–Crippen MR) is 96.9 cm³/mol. The van der Waals surface area contributed by atoms with Crippen LogP contribution in [0.5, 0.6) is 0 Å². The maximum atomic E-state index is 12.4. The molecule has 4 rings (SSSR count). The molecule has 2 aromatic heterocycles. The third-order valence-electron chi connectivity index (χ3n) is 3.81. The number of rotatable bonds is 4. The van der Waals surface area contributed by atoms with E-state index in [0.717, 1.165) is 10.9 Å². The molecule has 4 aromatic rings. The highest BCUT2D eigenvalue weighted by Crippen LogP contribution is 2.24. The molecule has 0 aliphatic rings. The Kier molecular flexibility index (Phi) is 3.99. The lowest BCUT2D eigenvalue weighted by Gasteiger charge is -2.07. The molecule has 6 heteroatoms. The number of nitrogens with one attached hydrogen (secondary N) is 1. The van der Waals surface area contributed by atoms with Gasteiger partial charge in [-0.2, -0.15) is 0 Å². The molecule has 0 aliphatic carbocycles. The summed E-state index contributed by atoms with van der Waals surface area (Å²) in [4.78, 5) is 16.5. The van der Waals surface area contributed by atoms with Gasteiger partial charge in [-0.25, -0.2) is 4.98 Å². The standard InChI is InChI=1S/C19H14ClN3O2/c20-15-4-5-17-14(9-15)10-18(25-17)19(24)22-16-3-1-2-13(8-16)11-23-7-6-21-12-23/h1-10,12H,11H2,(H,22,24). The molecular formula is C19H14ClN3O2. The van der Waals surface area contributed by atoms with Gasteiger partial charge >= 0.3 is 0 Å². The number of amides is 1. The Balaban J connectivity index is 1.53. The van der Waals surface area contributed by atoms with Crippen molar-refractivity contribution in [3.05, 3.63) is 83.6 Å². The number of benzene rings is 2. The zero-order valence-electron chi connectivity index (χ0n) is 13.1. The number of anilines is 1. The summed E-state index contributed by atoms with van der Waals surface area (Å²) in [5.74, 6) is -0.0515. The quantitative estimate of drug-likeness (QED) is 0.585. The van der Waals surface area contributed by atoms with Crippen LogP contribution in [-0.2, 0) is 6.54 Å². The van der Waals surface area contributed by atoms with Crippen LogP contribution in [0.2, 0.25) is 5.02 Å². The van der Waals surface area contributed by atoms with E-state index in [1.54, 1.807) is 36.8 Å². The fourth-order valence-corrected chi connectivity index (χ4v) is 2.84. The van der Waals surface area contributed by atoms with Gasteiger partial charge in [-0.1, -0.05) is 23.7 Å². The first-order valence-corrected chi connectivity index (χ1v) is 8.10. The van der Waals surface area contributed by atoms with E-state index in [1.165, 1.54) is 0 Å². The van der Waals surface area contributed by atoms with Crippen molar-refractivity contribution >= 4 is 34.2 Å². The molecule has 2 aromatic carbocycles. The van der Waals surface area contributed by atoms with E-state index in [9.17, 15) is 4.79 Å². The van der Waals surface area contributed by atoms with Gasteiger partial charge in [0.1, 0.15) is 5.58 Å². The van der Waals surface area contributed by atoms with E-state index >= 15 is 0 Å². The minimum atomic E-state index is -0.299. The highest BCUT2D eigenvalue weighted by molar-refractivity contribution is 6.31. The molecule has 124 valence electrons. The van der Waals surface area contributed by atoms with Gasteiger partial charge in [-0.15, -0.1) is 0 Å². The van der Waals surface area contributed by atoms with Gasteiger partial charge < -0.3 is 14.3 Å². The summed E-state index contributed by atoms with van der Waals surface area (Å²) >= 11 is 5.96. The Labute approximate surface area is 148 Å². The van der Waals surface area contributed by atoms with E-state index in [2.05, 4.69) is 10.3 Å². The SMILES string of the molecule is O=C(Nc1cccc(Cn2ccnc2)c1)c1cc2cc(Cl)ccc2o1. The lowest BCUT2D eigenvalue weighted by atomic mass is 10.2. The maximum Gasteiger partial charge on any atom is 0.291 e. The second-order valence-electron chi connectivity index (χ2n) is 5.68. The van der Waals surface area contributed by atoms with Crippen LogP contribution in [0.4, 0.5) is 5.69 Å². The van der Waals surface area contributed by atoms with Crippen LogP contribution in [0.3, 0.4) is 0 Å². The van der Waals surface area contributed by atoms with Gasteiger partial charge in [0.2, 0.25) is 0 Å². The van der Waals surface area contributed by atoms with E-state index < -0.39 is 0 Å². The average Bonchev–Trinajstić information content (AvgIpc) is 3.24. The Morgan fingerprint density at radius 1 is 1.20 bits per heavy atom. The van der Waals surface area contributed by atoms with Crippen molar-refractivity contribution in [1.82, 2.24) is 9.55 Å². The molecule has 0 bridgehead atoms. The van der Waals surface area contributed by atoms with Crippen molar-refractivity contribution in [1.29, 1.82) is 0 Å². The summed E-state index contributed by atoms with van der Waals surface area (Å²) in [6.07, 6.45) is 5.38. The Morgan fingerprint density at radius 3 is 2.96 bits per heavy atom. The van der Waals surface area contributed by atoms with E-state index in [-0.39, 0.29) is 11.7 Å². The number of aromatic nitrogens is 2. The fraction of sp³-hybridized carbons (Fsp3) is 0.0526. The first-order valence-electron chi connectivity index (χ1n) is 7.72. The molecule has 0 spiro atoms. The molecule has 0 unspecified atom stereocenters. The van der Waals surface area contributed by atoms with Crippen molar-refractivity contribution in [2.45, 2.75) is 6.54 Å². The first-order chi connectivity index (χ1) is 12.2. The molecule has 0 atom stereocenters. The van der Waals surface area contributed by atoms with Crippen molar-refractivity contribution in [2.24, 2.45) is 0 Å². The maximum absolute atomic E-state index is 12.4. The molecule has 1 amide bonds. The smallest absolute Gasteiger partial charge is 0.291 e. The largest absolute Gasteiger partial charge is 0.451 e. The van der Waals surface area contributed by atoms with E-state index in [4.69, 9.17) is 16.0 Å². The highest BCUT2D eigenvalue weighted by Gasteiger charge is 2.13. The summed E-state index contributed by atoms with van der Waals surface area (Å²) in [6, 6.07) is 14.6. The fourth-order valence-electron chi connectivity index (χ4n) is 2.66. The van der Waals surface area contributed by atoms with Crippen LogP contribution >= 0.6 is 11.6 Å². The first kappa shape index (κ1) is 15.5. The van der Waals surface area contributed by atoms with Crippen LogP contribution in [0, 0.1) is 0 Å². The van der Waals surface area contributed by atoms with Crippen molar-refractivity contribution in [3.63, 3.8) is 0 Å². The zero-order valence-corrected chi connectivity index (χ0v) is 13.9. The van der Waals surface area contributed by atoms with Gasteiger partial charge in [-0.05, 0) is 42.0 Å². The summed E-state index contributed by atoms with van der Waals surface area (Å²) in [5.41, 5.74) is 2.40. The number of halogens is 1. The number of fused-ring (bicyclic) bond motifs is 1. The van der Waals surface area contributed by atoms with Gasteiger partial charge in [-0.3, -0.25) is 4.79 Å². The highest BCUT2D eigenvalue weighted by atomic mass is 35.5. The van der Waals surface area contributed by atoms with Gasteiger partial charge in [0.25, 0.3) is 5.91 Å². The number of hydrogen-bond acceptors (Lipinski definition) is 3. The van der Waals surface area contributed by atoms with Crippen LogP contribution in [0.15, 0.2) is 71.7 Å². The number of hydrogen-bond donors (Lipinski definition) is 1. The number of nitrogens with zero attached hydrogens (tertiary/aromatic N) is 2. The molecule has 5 nitrogen and oxygen atoms in total. The number of imidazole rings is 1. The summed E-state index contributed by atoms with van der Waals surface area (Å²) in [6.45, 7) is 0.687. The third-order valence-corrected chi connectivity index (χ3v) is 4.05. The van der Waals surface area contributed by atoms with Crippen molar-refractivity contribution in [2.75, 3.05) is 5.32 Å². The lowest BCUT2D eigenvalue weighted by molar-refractivity contribution is 0.0998. The number of furan rings is 1. The summed E-state index contributed by atoms with van der Waals surface area (Å²) < 4.78 is 7.55. The van der Waals surface area contributed by atoms with Gasteiger partial charge in [0.15, 0.2) is 5.76 Å². The van der Waals surface area contributed by atoms with Crippen LogP contribution in [0.1, 0.15) is 16.1 Å². The Bertz CT molecular complexity index is 1040. The third kappa shape index (κ3) is 3.41.